The Hall–Kier alpha value is -1.10. The Kier molecular flexibility index (Phi) is 5.25. The molecule has 120 valence electrons. The van der Waals surface area contributed by atoms with Gasteiger partial charge in [0.25, 0.3) is 0 Å². The first kappa shape index (κ1) is 16.3. The van der Waals surface area contributed by atoms with E-state index in [1.165, 1.54) is 6.42 Å². The minimum atomic E-state index is -0.409. The maximum Gasteiger partial charge on any atom is 0.243 e. The van der Waals surface area contributed by atoms with Gasteiger partial charge >= 0.3 is 0 Å². The van der Waals surface area contributed by atoms with Crippen LogP contribution < -0.4 is 5.32 Å². The van der Waals surface area contributed by atoms with E-state index >= 15 is 0 Å². The molecule has 0 aromatic rings. The molecule has 0 aromatic carbocycles. The van der Waals surface area contributed by atoms with E-state index in [9.17, 15) is 9.59 Å². The summed E-state index contributed by atoms with van der Waals surface area (Å²) in [5.74, 6) is 0.204. The maximum atomic E-state index is 12.6. The standard InChI is InChI=1S/C16H28N2O3/c1-12(2)18-13(14(19)17-10-7-11-21-3)16(15(18)20)8-5-4-6-9-16/h12-13H,4-11H2,1-3H3,(H,17,19). The van der Waals surface area contributed by atoms with E-state index < -0.39 is 5.41 Å². The van der Waals surface area contributed by atoms with E-state index in [0.29, 0.717) is 13.2 Å². The number of hydrogen-bond donors (Lipinski definition) is 1. The molecule has 5 nitrogen and oxygen atoms in total. The fourth-order valence-electron chi connectivity index (χ4n) is 3.80. The molecule has 0 bridgehead atoms. The largest absolute Gasteiger partial charge is 0.385 e. The maximum absolute atomic E-state index is 12.6. The molecule has 2 rings (SSSR count). The highest BCUT2D eigenvalue weighted by molar-refractivity contribution is 6.02. The molecule has 1 N–H and O–H groups in total. The quantitative estimate of drug-likeness (QED) is 0.599. The van der Waals surface area contributed by atoms with E-state index in [0.717, 1.165) is 32.1 Å². The van der Waals surface area contributed by atoms with Crippen LogP contribution in [0.15, 0.2) is 0 Å². The van der Waals surface area contributed by atoms with Crippen molar-refractivity contribution in [2.24, 2.45) is 5.41 Å². The Balaban J connectivity index is 2.04. The fraction of sp³-hybridized carbons (Fsp3) is 0.875. The van der Waals surface area contributed by atoms with Crippen molar-refractivity contribution < 1.29 is 14.3 Å². The van der Waals surface area contributed by atoms with Crippen LogP contribution in [0.1, 0.15) is 52.4 Å². The lowest BCUT2D eigenvalue weighted by atomic mass is 9.61. The van der Waals surface area contributed by atoms with Crippen molar-refractivity contribution in [2.75, 3.05) is 20.3 Å². The number of amides is 2. The van der Waals surface area contributed by atoms with E-state index in [-0.39, 0.29) is 23.9 Å². The predicted molar refractivity (Wildman–Crippen MR) is 80.8 cm³/mol. The summed E-state index contributed by atoms with van der Waals surface area (Å²) >= 11 is 0. The molecule has 0 aromatic heterocycles. The molecule has 1 atom stereocenters. The summed E-state index contributed by atoms with van der Waals surface area (Å²) in [6.07, 6.45) is 5.84. The van der Waals surface area contributed by atoms with E-state index in [1.807, 2.05) is 13.8 Å². The molecular weight excluding hydrogens is 268 g/mol. The number of nitrogens with zero attached hydrogens (tertiary/aromatic N) is 1. The van der Waals surface area contributed by atoms with Crippen molar-refractivity contribution in [1.29, 1.82) is 0 Å². The van der Waals surface area contributed by atoms with Gasteiger partial charge in [-0.05, 0) is 33.1 Å². The summed E-state index contributed by atoms with van der Waals surface area (Å²) in [4.78, 5) is 26.9. The number of carbonyl (C=O) groups excluding carboxylic acids is 2. The fourth-order valence-corrected chi connectivity index (χ4v) is 3.80. The van der Waals surface area contributed by atoms with Crippen LogP contribution in [0.25, 0.3) is 0 Å². The summed E-state index contributed by atoms with van der Waals surface area (Å²) in [7, 11) is 1.66. The molecular formula is C16H28N2O3. The normalized spacial score (nSPS) is 24.3. The summed E-state index contributed by atoms with van der Waals surface area (Å²) in [6.45, 7) is 5.22. The number of β-lactam (4-membered cyclic amide) rings is 1. The third kappa shape index (κ3) is 2.93. The van der Waals surface area contributed by atoms with Crippen molar-refractivity contribution in [1.82, 2.24) is 10.2 Å². The number of likely N-dealkylation sites (tertiary alicyclic amines) is 1. The molecule has 5 heteroatoms. The van der Waals surface area contributed by atoms with Gasteiger partial charge in [-0.1, -0.05) is 19.3 Å². The van der Waals surface area contributed by atoms with Crippen LogP contribution in [-0.4, -0.2) is 49.1 Å². The zero-order chi connectivity index (χ0) is 15.5. The second-order valence-corrected chi connectivity index (χ2v) is 6.56. The van der Waals surface area contributed by atoms with E-state index in [2.05, 4.69) is 5.32 Å². The lowest BCUT2D eigenvalue weighted by Crippen LogP contribution is -2.75. The lowest BCUT2D eigenvalue weighted by Gasteiger charge is -2.58. The second-order valence-electron chi connectivity index (χ2n) is 6.56. The van der Waals surface area contributed by atoms with Gasteiger partial charge in [0.1, 0.15) is 6.04 Å². The van der Waals surface area contributed by atoms with Gasteiger partial charge in [0.05, 0.1) is 5.41 Å². The van der Waals surface area contributed by atoms with Gasteiger partial charge in [-0.25, -0.2) is 0 Å². The molecule has 2 amide bonds. The molecule has 1 heterocycles. The molecule has 21 heavy (non-hydrogen) atoms. The smallest absolute Gasteiger partial charge is 0.243 e. The Morgan fingerprint density at radius 1 is 1.38 bits per heavy atom. The molecule has 0 radical (unpaired) electrons. The number of methoxy groups -OCH3 is 1. The summed E-state index contributed by atoms with van der Waals surface area (Å²) < 4.78 is 4.99. The molecule has 1 aliphatic carbocycles. The SMILES string of the molecule is COCCCNC(=O)C1N(C(C)C)C(=O)C12CCCCC2. The Morgan fingerprint density at radius 3 is 2.62 bits per heavy atom. The van der Waals surface area contributed by atoms with Crippen molar-refractivity contribution in [3.05, 3.63) is 0 Å². The number of ether oxygens (including phenoxy) is 1. The zero-order valence-electron chi connectivity index (χ0n) is 13.5. The monoisotopic (exact) mass is 296 g/mol. The van der Waals surface area contributed by atoms with Gasteiger partial charge in [-0.2, -0.15) is 0 Å². The van der Waals surface area contributed by atoms with E-state index in [1.54, 1.807) is 12.0 Å². The summed E-state index contributed by atoms with van der Waals surface area (Å²) in [5.41, 5.74) is -0.409. The minimum absolute atomic E-state index is 0.0151. The van der Waals surface area contributed by atoms with Crippen LogP contribution in [0.3, 0.4) is 0 Å². The van der Waals surface area contributed by atoms with Gasteiger partial charge < -0.3 is 15.0 Å². The molecule has 2 aliphatic rings. The summed E-state index contributed by atoms with van der Waals surface area (Å²) in [5, 5.41) is 2.98. The summed E-state index contributed by atoms with van der Waals surface area (Å²) in [6, 6.07) is -0.187. The van der Waals surface area contributed by atoms with Crippen LogP contribution in [0, 0.1) is 5.41 Å². The number of rotatable bonds is 6. The highest BCUT2D eigenvalue weighted by atomic mass is 16.5. The van der Waals surface area contributed by atoms with Crippen molar-refractivity contribution in [3.63, 3.8) is 0 Å². The van der Waals surface area contributed by atoms with Crippen molar-refractivity contribution in [3.8, 4) is 0 Å². The minimum Gasteiger partial charge on any atom is -0.385 e. The zero-order valence-corrected chi connectivity index (χ0v) is 13.5. The third-order valence-corrected chi connectivity index (χ3v) is 4.84. The number of nitrogens with one attached hydrogen (secondary N) is 1. The molecule has 2 fully saturated rings. The van der Waals surface area contributed by atoms with Gasteiger partial charge in [0.2, 0.25) is 11.8 Å². The van der Waals surface area contributed by atoms with Crippen LogP contribution in [-0.2, 0) is 14.3 Å². The van der Waals surface area contributed by atoms with Crippen LogP contribution in [0.4, 0.5) is 0 Å². The Morgan fingerprint density at radius 2 is 2.05 bits per heavy atom. The van der Waals surface area contributed by atoms with Crippen LogP contribution >= 0.6 is 0 Å². The molecule has 1 saturated carbocycles. The van der Waals surface area contributed by atoms with Crippen molar-refractivity contribution in [2.45, 2.75) is 64.5 Å². The average Bonchev–Trinajstić information content (AvgIpc) is 2.48. The Bertz CT molecular complexity index is 389. The van der Waals surface area contributed by atoms with Crippen LogP contribution in [0.2, 0.25) is 0 Å². The number of carbonyl (C=O) groups is 2. The topological polar surface area (TPSA) is 58.6 Å². The van der Waals surface area contributed by atoms with Gasteiger partial charge in [0, 0.05) is 26.3 Å². The van der Waals surface area contributed by atoms with Gasteiger partial charge in [-0.3, -0.25) is 9.59 Å². The second kappa shape index (κ2) is 6.77. The number of hydrogen-bond acceptors (Lipinski definition) is 3. The molecule has 1 aliphatic heterocycles. The van der Waals surface area contributed by atoms with Crippen molar-refractivity contribution >= 4 is 11.8 Å². The lowest BCUT2D eigenvalue weighted by molar-refractivity contribution is -0.185. The molecule has 1 spiro atoms. The first-order valence-corrected chi connectivity index (χ1v) is 8.14. The predicted octanol–water partition coefficient (Wildman–Crippen LogP) is 1.71. The first-order chi connectivity index (χ1) is 10.0. The van der Waals surface area contributed by atoms with Crippen LogP contribution in [0.5, 0.6) is 0 Å². The average molecular weight is 296 g/mol. The first-order valence-electron chi connectivity index (χ1n) is 8.14. The highest BCUT2D eigenvalue weighted by Gasteiger charge is 2.63. The Labute approximate surface area is 127 Å². The van der Waals surface area contributed by atoms with Gasteiger partial charge in [0.15, 0.2) is 0 Å². The third-order valence-electron chi connectivity index (χ3n) is 4.84. The van der Waals surface area contributed by atoms with Gasteiger partial charge in [-0.15, -0.1) is 0 Å². The highest BCUT2D eigenvalue weighted by Crippen LogP contribution is 2.50. The van der Waals surface area contributed by atoms with E-state index in [4.69, 9.17) is 4.74 Å². The molecule has 1 unspecified atom stereocenters. The molecule has 1 saturated heterocycles.